The van der Waals surface area contributed by atoms with Gasteiger partial charge < -0.3 is 0 Å². The highest BCUT2D eigenvalue weighted by atomic mass is 79.9. The van der Waals surface area contributed by atoms with Crippen molar-refractivity contribution >= 4 is 27.5 Å². The van der Waals surface area contributed by atoms with Crippen LogP contribution in [0.15, 0.2) is 10.7 Å². The largest absolute Gasteiger partial charge is 0.240 e. The van der Waals surface area contributed by atoms with Crippen molar-refractivity contribution in [3.63, 3.8) is 0 Å². The van der Waals surface area contributed by atoms with E-state index < -0.39 is 25.4 Å². The number of nitrogens with zero attached hydrogens (tertiary/aromatic N) is 2. The average molecular weight is 243 g/mol. The zero-order valence-corrected chi connectivity index (χ0v) is 7.57. The third-order valence-electron chi connectivity index (χ3n) is 0.876. The first-order chi connectivity index (χ1) is 7.91. The summed E-state index contributed by atoms with van der Waals surface area (Å²) in [5, 5.41) is -0.120. The van der Waals surface area contributed by atoms with Crippen LogP contribution in [0, 0.1) is 0 Å². The van der Waals surface area contributed by atoms with Crippen molar-refractivity contribution in [1.82, 2.24) is 9.97 Å². The second-order valence-corrected chi connectivity index (χ2v) is 2.79. The molecule has 0 spiro atoms. The SMILES string of the molecule is [2H]C([2H])([2H])C([2H])([2H])C([2H])([2H])c1ncc(Br)c(Cl)n1. The van der Waals surface area contributed by atoms with Gasteiger partial charge in [-0.2, -0.15) is 0 Å². The van der Waals surface area contributed by atoms with Crippen LogP contribution in [0.25, 0.3) is 0 Å². The van der Waals surface area contributed by atoms with Crippen LogP contribution < -0.4 is 0 Å². The number of rotatable bonds is 2. The zero-order valence-electron chi connectivity index (χ0n) is 12.2. The van der Waals surface area contributed by atoms with Gasteiger partial charge in [-0.15, -0.1) is 0 Å². The van der Waals surface area contributed by atoms with Crippen LogP contribution in [0.1, 0.15) is 28.6 Å². The van der Waals surface area contributed by atoms with Gasteiger partial charge in [-0.3, -0.25) is 0 Å². The standard InChI is InChI=1S/C7H8BrClN2/c1-2-3-6-10-4-5(8)7(9)11-6/h4H,2-3H2,1H3/i1D3,2D2,3D2. The van der Waals surface area contributed by atoms with Crippen molar-refractivity contribution in [3.8, 4) is 0 Å². The molecule has 1 aromatic rings. The lowest BCUT2D eigenvalue weighted by Crippen LogP contribution is -1.93. The van der Waals surface area contributed by atoms with Crippen LogP contribution in [-0.4, -0.2) is 9.97 Å². The third-order valence-corrected chi connectivity index (χ3v) is 1.97. The highest BCUT2D eigenvalue weighted by Crippen LogP contribution is 2.18. The molecule has 0 saturated carbocycles. The third kappa shape index (κ3) is 2.42. The van der Waals surface area contributed by atoms with E-state index in [1.807, 2.05) is 0 Å². The van der Waals surface area contributed by atoms with E-state index in [-0.39, 0.29) is 5.15 Å². The van der Waals surface area contributed by atoms with E-state index in [9.17, 15) is 0 Å². The van der Waals surface area contributed by atoms with E-state index >= 15 is 0 Å². The van der Waals surface area contributed by atoms with Crippen molar-refractivity contribution in [2.45, 2.75) is 19.6 Å². The lowest BCUT2D eigenvalue weighted by molar-refractivity contribution is 0.832. The summed E-state index contributed by atoms with van der Waals surface area (Å²) >= 11 is 8.66. The molecule has 0 aromatic carbocycles. The van der Waals surface area contributed by atoms with Gasteiger partial charge >= 0.3 is 0 Å². The molecule has 0 radical (unpaired) electrons. The summed E-state index contributed by atoms with van der Waals surface area (Å²) in [5.41, 5.74) is 0. The Bertz CT molecular complexity index is 462. The summed E-state index contributed by atoms with van der Waals surface area (Å²) in [6, 6.07) is 0. The summed E-state index contributed by atoms with van der Waals surface area (Å²) in [7, 11) is 0. The number of aromatic nitrogens is 2. The monoisotopic (exact) mass is 241 g/mol. The fraction of sp³-hybridized carbons (Fsp3) is 0.429. The molecule has 1 aromatic heterocycles. The van der Waals surface area contributed by atoms with E-state index in [2.05, 4.69) is 25.9 Å². The van der Waals surface area contributed by atoms with Gasteiger partial charge in [0, 0.05) is 22.2 Å². The molecule has 0 atom stereocenters. The van der Waals surface area contributed by atoms with Crippen LogP contribution in [0.5, 0.6) is 0 Å². The summed E-state index contributed by atoms with van der Waals surface area (Å²) in [6.07, 6.45) is -4.90. The number of hydrogen-bond donors (Lipinski definition) is 0. The molecule has 0 fully saturated rings. The minimum absolute atomic E-state index is 0.120. The Labute approximate surface area is 89.0 Å². The van der Waals surface area contributed by atoms with Gasteiger partial charge in [0.05, 0.1) is 4.47 Å². The second-order valence-electron chi connectivity index (χ2n) is 1.58. The lowest BCUT2D eigenvalue weighted by atomic mass is 10.3. The van der Waals surface area contributed by atoms with Crippen molar-refractivity contribution < 1.29 is 9.60 Å². The van der Waals surface area contributed by atoms with Crippen LogP contribution in [0.4, 0.5) is 0 Å². The second kappa shape index (κ2) is 4.02. The molecule has 0 aliphatic heterocycles. The predicted octanol–water partition coefficient (Wildman–Crippen LogP) is 2.84. The first kappa shape index (κ1) is 3.30. The maximum Gasteiger partial charge on any atom is 0.146 e. The van der Waals surface area contributed by atoms with E-state index in [1.54, 1.807) is 0 Å². The van der Waals surface area contributed by atoms with E-state index in [0.29, 0.717) is 4.47 Å². The first-order valence-electron chi connectivity index (χ1n) is 6.10. The molecule has 0 unspecified atom stereocenters. The van der Waals surface area contributed by atoms with Crippen LogP contribution >= 0.6 is 27.5 Å². The average Bonchev–Trinajstić information content (AvgIpc) is 2.20. The Balaban J connectivity index is 3.33. The van der Waals surface area contributed by atoms with Gasteiger partial charge in [0.2, 0.25) is 0 Å². The van der Waals surface area contributed by atoms with Crippen molar-refractivity contribution in [1.29, 1.82) is 0 Å². The van der Waals surface area contributed by atoms with Crippen LogP contribution in [0.2, 0.25) is 5.15 Å². The highest BCUT2D eigenvalue weighted by molar-refractivity contribution is 9.10. The van der Waals surface area contributed by atoms with E-state index in [1.165, 1.54) is 0 Å². The number of hydrogen-bond acceptors (Lipinski definition) is 2. The van der Waals surface area contributed by atoms with Crippen molar-refractivity contribution in [2.24, 2.45) is 0 Å². The summed E-state index contributed by atoms with van der Waals surface area (Å²) in [4.78, 5) is 7.15. The smallest absolute Gasteiger partial charge is 0.146 e. The van der Waals surface area contributed by atoms with Crippen molar-refractivity contribution in [3.05, 3.63) is 21.6 Å². The van der Waals surface area contributed by atoms with Crippen molar-refractivity contribution in [2.75, 3.05) is 0 Å². The molecular weight excluding hydrogens is 227 g/mol. The summed E-state index contributed by atoms with van der Waals surface area (Å²) in [6.45, 7) is -3.15. The van der Waals surface area contributed by atoms with Gasteiger partial charge in [-0.1, -0.05) is 18.5 Å². The topological polar surface area (TPSA) is 25.8 Å². The molecule has 11 heavy (non-hydrogen) atoms. The molecular formula is C7H8BrClN2. The summed E-state index contributed by atoms with van der Waals surface area (Å²) < 4.78 is 51.6. The molecule has 60 valence electrons. The fourth-order valence-electron chi connectivity index (χ4n) is 0.462. The minimum Gasteiger partial charge on any atom is -0.240 e. The Morgan fingerprint density at radius 3 is 3.36 bits per heavy atom. The fourth-order valence-corrected chi connectivity index (χ4v) is 0.782. The number of aryl methyl sites for hydroxylation is 1. The van der Waals surface area contributed by atoms with Crippen LogP contribution in [-0.2, 0) is 6.37 Å². The van der Waals surface area contributed by atoms with Crippen LogP contribution in [0.3, 0.4) is 0 Å². The lowest BCUT2D eigenvalue weighted by Gasteiger charge is -1.97. The molecule has 1 rings (SSSR count). The molecule has 0 aliphatic rings. The zero-order chi connectivity index (χ0) is 14.4. The first-order valence-corrected chi connectivity index (χ1v) is 3.77. The molecule has 4 heteroatoms. The minimum atomic E-state index is -3.15. The van der Waals surface area contributed by atoms with E-state index in [0.717, 1.165) is 6.20 Å². The quantitative estimate of drug-likeness (QED) is 0.745. The molecule has 2 nitrogen and oxygen atoms in total. The Kier molecular flexibility index (Phi) is 1.21. The molecule has 0 aliphatic carbocycles. The van der Waals surface area contributed by atoms with Gasteiger partial charge in [0.15, 0.2) is 0 Å². The van der Waals surface area contributed by atoms with Gasteiger partial charge in [0.1, 0.15) is 11.0 Å². The van der Waals surface area contributed by atoms with E-state index in [4.69, 9.17) is 21.2 Å². The Hall–Kier alpha value is -0.150. The molecule has 0 amide bonds. The highest BCUT2D eigenvalue weighted by Gasteiger charge is 2.00. The molecule has 0 saturated heterocycles. The van der Waals surface area contributed by atoms with Gasteiger partial charge in [0.25, 0.3) is 0 Å². The molecule has 0 bridgehead atoms. The van der Waals surface area contributed by atoms with Gasteiger partial charge in [-0.05, 0) is 22.3 Å². The maximum absolute atomic E-state index is 7.63. The maximum atomic E-state index is 7.63. The summed E-state index contributed by atoms with van der Waals surface area (Å²) in [5.74, 6) is -0.614. The van der Waals surface area contributed by atoms with Gasteiger partial charge in [-0.25, -0.2) is 9.97 Å². The normalized spacial score (nSPS) is 23.3. The molecule has 1 heterocycles. The number of halogens is 2. The Morgan fingerprint density at radius 1 is 1.91 bits per heavy atom. The molecule has 0 N–H and O–H groups in total. The predicted molar refractivity (Wildman–Crippen MR) is 48.7 cm³/mol. The Morgan fingerprint density at radius 2 is 2.73 bits per heavy atom.